The van der Waals surface area contributed by atoms with Crippen LogP contribution in [0.1, 0.15) is 67.8 Å². The molecule has 0 aliphatic heterocycles. The first-order valence-electron chi connectivity index (χ1n) is 11.7. The van der Waals surface area contributed by atoms with Crippen LogP contribution in [0.5, 0.6) is 11.5 Å². The van der Waals surface area contributed by atoms with Crippen molar-refractivity contribution in [3.05, 3.63) is 65.7 Å². The molecule has 0 unspecified atom stereocenters. The summed E-state index contributed by atoms with van der Waals surface area (Å²) in [6.07, 6.45) is 2.05. The van der Waals surface area contributed by atoms with Crippen molar-refractivity contribution in [1.29, 1.82) is 0 Å². The third-order valence-corrected chi connectivity index (χ3v) is 4.96. The first-order valence-corrected chi connectivity index (χ1v) is 11.7. The van der Waals surface area contributed by atoms with Crippen molar-refractivity contribution in [1.82, 2.24) is 0 Å². The van der Waals surface area contributed by atoms with E-state index in [1.165, 1.54) is 6.08 Å². The molecule has 0 heterocycles. The molecule has 0 bridgehead atoms. The van der Waals surface area contributed by atoms with Crippen LogP contribution in [0.25, 0.3) is 6.08 Å². The van der Waals surface area contributed by atoms with Crippen molar-refractivity contribution in [2.75, 3.05) is 13.2 Å². The van der Waals surface area contributed by atoms with Crippen LogP contribution in [0.2, 0.25) is 0 Å². The van der Waals surface area contributed by atoms with Crippen LogP contribution < -0.4 is 9.47 Å². The molecule has 2 aromatic rings. The number of carbonyl (C=O) groups is 2. The lowest BCUT2D eigenvalue weighted by atomic mass is 10.2. The number of hydrogen-bond acceptors (Lipinski definition) is 5. The van der Waals surface area contributed by atoms with E-state index < -0.39 is 24.5 Å². The van der Waals surface area contributed by atoms with Gasteiger partial charge in [-0.1, -0.05) is 31.9 Å². The standard InChI is InChI=1S/C27H31F3O5/c1-2-3-6-20-34-25(31)17-10-21-8-13-24(14-9-21)35-26(32)22-11-15-23(16-12-22)33-19-7-4-5-18-27(28,29)30/h8-17H,2-7,18-20H2,1H3/b17-10+. The summed E-state index contributed by atoms with van der Waals surface area (Å²) in [5.41, 5.74) is 1.09. The van der Waals surface area contributed by atoms with Gasteiger partial charge in [-0.2, -0.15) is 13.2 Å². The lowest BCUT2D eigenvalue weighted by Crippen LogP contribution is -2.08. The van der Waals surface area contributed by atoms with E-state index in [9.17, 15) is 22.8 Å². The average molecular weight is 493 g/mol. The quantitative estimate of drug-likeness (QED) is 0.121. The fraction of sp³-hybridized carbons (Fsp3) is 0.407. The van der Waals surface area contributed by atoms with Crippen molar-refractivity contribution >= 4 is 18.0 Å². The summed E-state index contributed by atoms with van der Waals surface area (Å²) in [6.45, 7) is 2.79. The Labute approximate surface area is 203 Å². The van der Waals surface area contributed by atoms with Crippen LogP contribution in [-0.2, 0) is 9.53 Å². The maximum Gasteiger partial charge on any atom is 0.389 e. The van der Waals surface area contributed by atoms with Crippen LogP contribution in [0.4, 0.5) is 13.2 Å². The molecule has 0 saturated heterocycles. The van der Waals surface area contributed by atoms with Gasteiger partial charge in [0.25, 0.3) is 0 Å². The lowest BCUT2D eigenvalue weighted by Gasteiger charge is -2.08. The number of benzene rings is 2. The van der Waals surface area contributed by atoms with Crippen LogP contribution in [0.3, 0.4) is 0 Å². The maximum absolute atomic E-state index is 12.4. The zero-order valence-electron chi connectivity index (χ0n) is 19.8. The summed E-state index contributed by atoms with van der Waals surface area (Å²) in [5.74, 6) is -0.0565. The lowest BCUT2D eigenvalue weighted by molar-refractivity contribution is -0.138. The number of ether oxygens (including phenoxy) is 3. The SMILES string of the molecule is CCCCCOC(=O)/C=C/c1ccc(OC(=O)c2ccc(OCCCCCC(F)(F)F)cc2)cc1. The Morgan fingerprint density at radius 3 is 2.14 bits per heavy atom. The van der Waals surface area contributed by atoms with E-state index in [2.05, 4.69) is 6.92 Å². The van der Waals surface area contributed by atoms with E-state index in [1.807, 2.05) is 0 Å². The van der Waals surface area contributed by atoms with Gasteiger partial charge in [0.1, 0.15) is 11.5 Å². The molecule has 190 valence electrons. The monoisotopic (exact) mass is 492 g/mol. The van der Waals surface area contributed by atoms with Gasteiger partial charge in [0.15, 0.2) is 0 Å². The largest absolute Gasteiger partial charge is 0.494 e. The summed E-state index contributed by atoms with van der Waals surface area (Å²) in [5, 5.41) is 0. The minimum Gasteiger partial charge on any atom is -0.494 e. The van der Waals surface area contributed by atoms with Gasteiger partial charge in [0.2, 0.25) is 0 Å². The fourth-order valence-corrected chi connectivity index (χ4v) is 3.03. The van der Waals surface area contributed by atoms with Crippen molar-refractivity contribution in [3.63, 3.8) is 0 Å². The molecule has 0 spiro atoms. The van der Waals surface area contributed by atoms with E-state index in [0.29, 0.717) is 43.1 Å². The maximum atomic E-state index is 12.4. The fourth-order valence-electron chi connectivity index (χ4n) is 3.03. The van der Waals surface area contributed by atoms with Gasteiger partial charge >= 0.3 is 18.1 Å². The average Bonchev–Trinajstić information content (AvgIpc) is 2.83. The molecular weight excluding hydrogens is 461 g/mol. The van der Waals surface area contributed by atoms with Gasteiger partial charge < -0.3 is 14.2 Å². The molecule has 0 aromatic heterocycles. The zero-order chi connectivity index (χ0) is 25.5. The van der Waals surface area contributed by atoms with Gasteiger partial charge in [0.05, 0.1) is 18.8 Å². The Morgan fingerprint density at radius 1 is 0.829 bits per heavy atom. The molecule has 0 fully saturated rings. The molecule has 0 aliphatic carbocycles. The Bertz CT molecular complexity index is 935. The van der Waals surface area contributed by atoms with Crippen LogP contribution in [-0.4, -0.2) is 31.3 Å². The van der Waals surface area contributed by atoms with E-state index in [4.69, 9.17) is 14.2 Å². The Morgan fingerprint density at radius 2 is 1.49 bits per heavy atom. The topological polar surface area (TPSA) is 61.8 Å². The van der Waals surface area contributed by atoms with Crippen LogP contribution in [0, 0.1) is 0 Å². The van der Waals surface area contributed by atoms with E-state index >= 15 is 0 Å². The highest BCUT2D eigenvalue weighted by atomic mass is 19.4. The Balaban J connectivity index is 1.73. The highest BCUT2D eigenvalue weighted by Crippen LogP contribution is 2.23. The highest BCUT2D eigenvalue weighted by molar-refractivity contribution is 5.91. The third-order valence-electron chi connectivity index (χ3n) is 4.96. The number of rotatable bonds is 14. The van der Waals surface area contributed by atoms with Gasteiger partial charge in [-0.05, 0) is 73.7 Å². The van der Waals surface area contributed by atoms with Crippen molar-refractivity contribution in [3.8, 4) is 11.5 Å². The second-order valence-electron chi connectivity index (χ2n) is 7.97. The molecule has 0 N–H and O–H groups in total. The van der Waals surface area contributed by atoms with Crippen molar-refractivity contribution < 1.29 is 37.0 Å². The second-order valence-corrected chi connectivity index (χ2v) is 7.97. The number of carbonyl (C=O) groups excluding carboxylic acids is 2. The second kappa shape index (κ2) is 14.9. The molecule has 35 heavy (non-hydrogen) atoms. The summed E-state index contributed by atoms with van der Waals surface area (Å²) in [7, 11) is 0. The van der Waals surface area contributed by atoms with Crippen LogP contribution in [0.15, 0.2) is 54.6 Å². The molecular formula is C27H31F3O5. The third kappa shape index (κ3) is 12.1. The Hall–Kier alpha value is -3.29. The Kier molecular flexibility index (Phi) is 11.9. The molecule has 2 rings (SSSR count). The highest BCUT2D eigenvalue weighted by Gasteiger charge is 2.25. The number of halogens is 3. The molecule has 0 amide bonds. The van der Waals surface area contributed by atoms with E-state index in [0.717, 1.165) is 24.8 Å². The normalized spacial score (nSPS) is 11.4. The minimum atomic E-state index is -4.12. The number of alkyl halides is 3. The van der Waals surface area contributed by atoms with Gasteiger partial charge in [0, 0.05) is 12.5 Å². The smallest absolute Gasteiger partial charge is 0.389 e. The van der Waals surface area contributed by atoms with E-state index in [1.54, 1.807) is 54.6 Å². The summed E-state index contributed by atoms with van der Waals surface area (Å²) >= 11 is 0. The zero-order valence-corrected chi connectivity index (χ0v) is 19.8. The number of unbranched alkanes of at least 4 members (excludes halogenated alkanes) is 4. The first kappa shape index (κ1) is 28.0. The predicted molar refractivity (Wildman–Crippen MR) is 127 cm³/mol. The molecule has 0 radical (unpaired) electrons. The number of esters is 2. The summed E-state index contributed by atoms with van der Waals surface area (Å²) in [4.78, 5) is 24.0. The first-order chi connectivity index (χ1) is 16.8. The van der Waals surface area contributed by atoms with E-state index in [-0.39, 0.29) is 6.42 Å². The number of hydrogen-bond donors (Lipinski definition) is 0. The van der Waals surface area contributed by atoms with Crippen molar-refractivity contribution in [2.24, 2.45) is 0 Å². The predicted octanol–water partition coefficient (Wildman–Crippen LogP) is 7.15. The molecule has 8 heteroatoms. The van der Waals surface area contributed by atoms with Gasteiger partial charge in [-0.3, -0.25) is 0 Å². The molecule has 0 atom stereocenters. The summed E-state index contributed by atoms with van der Waals surface area (Å²) < 4.78 is 52.3. The molecule has 2 aromatic carbocycles. The van der Waals surface area contributed by atoms with Gasteiger partial charge in [-0.15, -0.1) is 0 Å². The van der Waals surface area contributed by atoms with Crippen LogP contribution >= 0.6 is 0 Å². The minimum absolute atomic E-state index is 0.0839. The molecule has 0 saturated carbocycles. The molecule has 5 nitrogen and oxygen atoms in total. The van der Waals surface area contributed by atoms with Gasteiger partial charge in [-0.25, -0.2) is 9.59 Å². The molecule has 0 aliphatic rings. The van der Waals surface area contributed by atoms with Crippen molar-refractivity contribution in [2.45, 2.75) is 58.0 Å². The summed E-state index contributed by atoms with van der Waals surface area (Å²) in [6, 6.07) is 13.0.